The average molecular weight is 255 g/mol. The van der Waals surface area contributed by atoms with Crippen LogP contribution in [0.15, 0.2) is 0 Å². The van der Waals surface area contributed by atoms with Gasteiger partial charge in [0.05, 0.1) is 0 Å². The molecule has 0 aromatic carbocycles. The fourth-order valence-electron chi connectivity index (χ4n) is 2.00. The van der Waals surface area contributed by atoms with Crippen molar-refractivity contribution in [3.63, 3.8) is 0 Å². The molecule has 1 saturated heterocycles. The fourth-order valence-corrected chi connectivity index (χ4v) is 2.00. The normalized spacial score (nSPS) is 28.3. The van der Waals surface area contributed by atoms with E-state index in [0.717, 1.165) is 0 Å². The molecule has 0 aliphatic carbocycles. The van der Waals surface area contributed by atoms with Crippen molar-refractivity contribution in [3.05, 3.63) is 0 Å². The Labute approximate surface area is 97.3 Å². The van der Waals surface area contributed by atoms with Crippen molar-refractivity contribution < 1.29 is 27.8 Å². The zero-order valence-corrected chi connectivity index (χ0v) is 9.75. The molecular weight excluding hydrogens is 239 g/mol. The first-order chi connectivity index (χ1) is 7.73. The second kappa shape index (κ2) is 4.81. The molecule has 1 rings (SSSR count). The van der Waals surface area contributed by atoms with Crippen molar-refractivity contribution in [2.24, 2.45) is 0 Å². The predicted octanol–water partition coefficient (Wildman–Crippen LogP) is 1.50. The van der Waals surface area contributed by atoms with Gasteiger partial charge < -0.3 is 9.84 Å². The van der Waals surface area contributed by atoms with Crippen molar-refractivity contribution in [3.8, 4) is 0 Å². The lowest BCUT2D eigenvalue weighted by Gasteiger charge is -2.32. The second-order valence-corrected chi connectivity index (χ2v) is 4.16. The van der Waals surface area contributed by atoms with Gasteiger partial charge in [0.2, 0.25) is 0 Å². The summed E-state index contributed by atoms with van der Waals surface area (Å²) in [6, 6.07) is -0.931. The van der Waals surface area contributed by atoms with Crippen molar-refractivity contribution in [1.82, 2.24) is 4.90 Å². The van der Waals surface area contributed by atoms with Crippen LogP contribution >= 0.6 is 0 Å². The summed E-state index contributed by atoms with van der Waals surface area (Å²) in [4.78, 5) is 12.0. The summed E-state index contributed by atoms with van der Waals surface area (Å²) in [5, 5.41) is 8.78. The highest BCUT2D eigenvalue weighted by molar-refractivity contribution is 5.72. The summed E-state index contributed by atoms with van der Waals surface area (Å²) >= 11 is 0. The second-order valence-electron chi connectivity index (χ2n) is 4.16. The molecule has 7 heteroatoms. The Hall–Kier alpha value is -0.820. The van der Waals surface area contributed by atoms with E-state index in [2.05, 4.69) is 0 Å². The Bertz CT molecular complexity index is 295. The molecule has 0 aromatic heterocycles. The quantitative estimate of drug-likeness (QED) is 0.827. The van der Waals surface area contributed by atoms with Gasteiger partial charge in [0.25, 0.3) is 0 Å². The minimum absolute atomic E-state index is 0.0468. The van der Waals surface area contributed by atoms with Gasteiger partial charge in [-0.3, -0.25) is 9.69 Å². The maximum atomic E-state index is 12.9. The monoisotopic (exact) mass is 255 g/mol. The number of halogens is 3. The lowest BCUT2D eigenvalue weighted by molar-refractivity contribution is -0.271. The van der Waals surface area contributed by atoms with Crippen LogP contribution in [0.25, 0.3) is 0 Å². The van der Waals surface area contributed by atoms with E-state index >= 15 is 0 Å². The average Bonchev–Trinajstić information content (AvgIpc) is 2.62. The molecule has 4 nitrogen and oxygen atoms in total. The molecule has 1 N–H and O–H groups in total. The lowest BCUT2D eigenvalue weighted by atomic mass is 10.0. The van der Waals surface area contributed by atoms with E-state index in [0.29, 0.717) is 0 Å². The van der Waals surface area contributed by atoms with Crippen molar-refractivity contribution in [1.29, 1.82) is 0 Å². The number of carbonyl (C=O) groups is 1. The Kier molecular flexibility index (Phi) is 4.03. The van der Waals surface area contributed by atoms with Crippen LogP contribution in [0.4, 0.5) is 13.2 Å². The first kappa shape index (κ1) is 14.2. The summed E-state index contributed by atoms with van der Waals surface area (Å²) in [7, 11) is 0. The fraction of sp³-hybridized carbons (Fsp3) is 0.900. The number of carboxylic acid groups (broad SMARTS) is 1. The Morgan fingerprint density at radius 1 is 1.59 bits per heavy atom. The highest BCUT2D eigenvalue weighted by Gasteiger charge is 2.59. The van der Waals surface area contributed by atoms with Gasteiger partial charge in [0.15, 0.2) is 5.60 Å². The Morgan fingerprint density at radius 2 is 2.18 bits per heavy atom. The van der Waals surface area contributed by atoms with Crippen LogP contribution in [0.3, 0.4) is 0 Å². The number of likely N-dealkylation sites (tertiary alicyclic amines) is 1. The van der Waals surface area contributed by atoms with Crippen LogP contribution in [0, 0.1) is 0 Å². The maximum absolute atomic E-state index is 12.9. The highest BCUT2D eigenvalue weighted by atomic mass is 19.4. The highest BCUT2D eigenvalue weighted by Crippen LogP contribution is 2.41. The lowest BCUT2D eigenvalue weighted by Crippen LogP contribution is -2.51. The SMILES string of the molecule is CCO[C@]1(C(F)(F)F)CCN([C@@H](C)C(=O)O)C1. The van der Waals surface area contributed by atoms with Gasteiger partial charge in [-0.15, -0.1) is 0 Å². The van der Waals surface area contributed by atoms with Crippen LogP contribution in [0.2, 0.25) is 0 Å². The number of hydrogen-bond donors (Lipinski definition) is 1. The molecule has 1 aliphatic heterocycles. The standard InChI is InChI=1S/C10H16F3NO3/c1-3-17-9(10(11,12)13)4-5-14(6-9)7(2)8(15)16/h7H,3-6H2,1-2H3,(H,15,16)/t7-,9+/m0/s1. The van der Waals surface area contributed by atoms with Crippen LogP contribution in [0.1, 0.15) is 20.3 Å². The molecule has 1 heterocycles. The maximum Gasteiger partial charge on any atom is 0.418 e. The Morgan fingerprint density at radius 3 is 2.59 bits per heavy atom. The van der Waals surface area contributed by atoms with Gasteiger partial charge in [-0.2, -0.15) is 13.2 Å². The number of hydrogen-bond acceptors (Lipinski definition) is 3. The molecule has 0 spiro atoms. The molecule has 1 fully saturated rings. The number of rotatable bonds is 4. The number of nitrogens with zero attached hydrogens (tertiary/aromatic N) is 1. The van der Waals surface area contributed by atoms with E-state index in [9.17, 15) is 18.0 Å². The van der Waals surface area contributed by atoms with E-state index in [-0.39, 0.29) is 19.6 Å². The zero-order valence-electron chi connectivity index (χ0n) is 9.75. The van der Waals surface area contributed by atoms with E-state index in [1.54, 1.807) is 0 Å². The van der Waals surface area contributed by atoms with Gasteiger partial charge >= 0.3 is 12.1 Å². The summed E-state index contributed by atoms with van der Waals surface area (Å²) in [6.07, 6.45) is -4.70. The Balaban J connectivity index is 2.82. The van der Waals surface area contributed by atoms with Gasteiger partial charge in [0.1, 0.15) is 6.04 Å². The minimum atomic E-state index is -4.48. The van der Waals surface area contributed by atoms with Crippen LogP contribution in [0.5, 0.6) is 0 Å². The number of carboxylic acids is 1. The molecule has 100 valence electrons. The third-order valence-electron chi connectivity index (χ3n) is 3.10. The molecule has 0 amide bonds. The first-order valence-corrected chi connectivity index (χ1v) is 5.41. The van der Waals surface area contributed by atoms with Crippen molar-refractivity contribution >= 4 is 5.97 Å². The molecule has 0 unspecified atom stereocenters. The topological polar surface area (TPSA) is 49.8 Å². The first-order valence-electron chi connectivity index (χ1n) is 5.41. The molecule has 1 aliphatic rings. The van der Waals surface area contributed by atoms with Gasteiger partial charge in [-0.05, 0) is 20.3 Å². The van der Waals surface area contributed by atoms with E-state index in [4.69, 9.17) is 9.84 Å². The van der Waals surface area contributed by atoms with E-state index in [1.807, 2.05) is 0 Å². The number of aliphatic carboxylic acids is 1. The third-order valence-corrected chi connectivity index (χ3v) is 3.10. The predicted molar refractivity (Wildman–Crippen MR) is 53.7 cm³/mol. The zero-order chi connectivity index (χ0) is 13.3. The van der Waals surface area contributed by atoms with Crippen LogP contribution in [-0.2, 0) is 9.53 Å². The third kappa shape index (κ3) is 2.71. The van der Waals surface area contributed by atoms with Crippen molar-refractivity contribution in [2.45, 2.75) is 38.1 Å². The molecule has 0 radical (unpaired) electrons. The van der Waals surface area contributed by atoms with Crippen LogP contribution in [-0.4, -0.2) is 53.5 Å². The summed E-state index contributed by atoms with van der Waals surface area (Å²) < 4.78 is 43.7. The van der Waals surface area contributed by atoms with Gasteiger partial charge in [-0.1, -0.05) is 0 Å². The van der Waals surface area contributed by atoms with Crippen LogP contribution < -0.4 is 0 Å². The molecule has 17 heavy (non-hydrogen) atoms. The summed E-state index contributed by atoms with van der Waals surface area (Å²) in [5.41, 5.74) is -2.22. The molecular formula is C10H16F3NO3. The molecule has 0 saturated carbocycles. The minimum Gasteiger partial charge on any atom is -0.480 e. The largest absolute Gasteiger partial charge is 0.480 e. The molecule has 0 bridgehead atoms. The smallest absolute Gasteiger partial charge is 0.418 e. The van der Waals surface area contributed by atoms with Gasteiger partial charge in [0, 0.05) is 19.7 Å². The molecule has 2 atom stereocenters. The van der Waals surface area contributed by atoms with Crippen molar-refractivity contribution in [2.75, 3.05) is 19.7 Å². The number of ether oxygens (including phenoxy) is 1. The summed E-state index contributed by atoms with van der Waals surface area (Å²) in [6.45, 7) is 2.48. The summed E-state index contributed by atoms with van der Waals surface area (Å²) in [5.74, 6) is -1.13. The molecule has 0 aromatic rings. The van der Waals surface area contributed by atoms with E-state index in [1.165, 1.54) is 18.7 Å². The van der Waals surface area contributed by atoms with E-state index < -0.39 is 30.3 Å². The van der Waals surface area contributed by atoms with Gasteiger partial charge in [-0.25, -0.2) is 0 Å². The number of alkyl halides is 3.